The standard InChI is InChI=1S/C19H22O11S/c1-9(20)25-8-16-18(27-11(3)22)15(26-10(2)21)7-17(29-16)28-13-5-4-12(19(23)24)6-14(13)30-31/h4-6,15-18,31H,7-8H2,1-3H3,(H,23,24). The smallest absolute Gasteiger partial charge is 0.335 e. The lowest BCUT2D eigenvalue weighted by Gasteiger charge is -2.39. The second-order valence-corrected chi connectivity index (χ2v) is 6.72. The van der Waals surface area contributed by atoms with Gasteiger partial charge in [-0.15, -0.1) is 0 Å². The maximum atomic E-state index is 11.6. The number of hydrogen-bond donors (Lipinski definition) is 2. The number of ether oxygens (including phenoxy) is 5. The average Bonchev–Trinajstić information content (AvgIpc) is 2.67. The topological polar surface area (TPSA) is 144 Å². The minimum absolute atomic E-state index is 0.00881. The highest BCUT2D eigenvalue weighted by Crippen LogP contribution is 2.34. The second kappa shape index (κ2) is 10.9. The van der Waals surface area contributed by atoms with Crippen molar-refractivity contribution in [1.82, 2.24) is 0 Å². The first-order valence-corrected chi connectivity index (χ1v) is 9.46. The van der Waals surface area contributed by atoms with E-state index in [1.165, 1.54) is 39.0 Å². The van der Waals surface area contributed by atoms with Gasteiger partial charge in [-0.05, 0) is 12.1 Å². The maximum Gasteiger partial charge on any atom is 0.335 e. The zero-order valence-corrected chi connectivity index (χ0v) is 17.8. The molecule has 0 bridgehead atoms. The zero-order valence-electron chi connectivity index (χ0n) is 16.9. The SMILES string of the molecule is CC(=O)OCC1OC(Oc2ccc(C(=O)O)cc2OS)CC(OC(C)=O)C1OC(C)=O. The van der Waals surface area contributed by atoms with E-state index < -0.39 is 48.5 Å². The number of rotatable bonds is 8. The largest absolute Gasteiger partial charge is 0.478 e. The Morgan fingerprint density at radius 3 is 2.29 bits per heavy atom. The summed E-state index contributed by atoms with van der Waals surface area (Å²) in [7, 11) is 0. The second-order valence-electron chi connectivity index (χ2n) is 6.54. The predicted molar refractivity (Wildman–Crippen MR) is 105 cm³/mol. The molecule has 4 unspecified atom stereocenters. The van der Waals surface area contributed by atoms with Gasteiger partial charge in [-0.25, -0.2) is 4.79 Å². The summed E-state index contributed by atoms with van der Waals surface area (Å²) < 4.78 is 31.9. The molecule has 1 aliphatic heterocycles. The van der Waals surface area contributed by atoms with Crippen LogP contribution in [-0.4, -0.2) is 60.2 Å². The molecule has 1 fully saturated rings. The van der Waals surface area contributed by atoms with Gasteiger partial charge in [0.2, 0.25) is 6.29 Å². The number of benzene rings is 1. The Bertz CT molecular complexity index is 840. The molecule has 11 nitrogen and oxygen atoms in total. The summed E-state index contributed by atoms with van der Waals surface area (Å²) in [6.07, 6.45) is -4.10. The third-order valence-corrected chi connectivity index (χ3v) is 4.30. The van der Waals surface area contributed by atoms with E-state index in [2.05, 4.69) is 12.9 Å². The van der Waals surface area contributed by atoms with Crippen molar-refractivity contribution in [3.05, 3.63) is 23.8 Å². The van der Waals surface area contributed by atoms with Crippen LogP contribution in [-0.2, 0) is 33.3 Å². The lowest BCUT2D eigenvalue weighted by atomic mass is 10.0. The van der Waals surface area contributed by atoms with Crippen molar-refractivity contribution in [3.8, 4) is 11.5 Å². The summed E-state index contributed by atoms with van der Waals surface area (Å²) >= 11 is 3.70. The molecule has 0 amide bonds. The van der Waals surface area contributed by atoms with Gasteiger partial charge in [0, 0.05) is 39.7 Å². The summed E-state index contributed by atoms with van der Waals surface area (Å²) in [5, 5.41) is 9.10. The predicted octanol–water partition coefficient (Wildman–Crippen LogP) is 1.53. The molecule has 0 saturated carbocycles. The molecule has 0 aromatic heterocycles. The lowest BCUT2D eigenvalue weighted by molar-refractivity contribution is -0.245. The van der Waals surface area contributed by atoms with Crippen molar-refractivity contribution in [2.24, 2.45) is 0 Å². The highest BCUT2D eigenvalue weighted by molar-refractivity contribution is 7.75. The van der Waals surface area contributed by atoms with E-state index in [1.807, 2.05) is 0 Å². The first kappa shape index (κ1) is 24.3. The van der Waals surface area contributed by atoms with Crippen molar-refractivity contribution < 1.29 is 52.2 Å². The van der Waals surface area contributed by atoms with E-state index in [0.29, 0.717) is 0 Å². The normalized spacial score (nSPS) is 22.7. The highest BCUT2D eigenvalue weighted by Gasteiger charge is 2.44. The Hall–Kier alpha value is -2.99. The van der Waals surface area contributed by atoms with Crippen LogP contribution >= 0.6 is 12.9 Å². The van der Waals surface area contributed by atoms with Gasteiger partial charge in [0.25, 0.3) is 0 Å². The van der Waals surface area contributed by atoms with Crippen molar-refractivity contribution in [2.75, 3.05) is 6.61 Å². The minimum atomic E-state index is -1.17. The van der Waals surface area contributed by atoms with Crippen LogP contribution in [0, 0.1) is 0 Å². The van der Waals surface area contributed by atoms with Crippen LogP contribution < -0.4 is 8.92 Å². The van der Waals surface area contributed by atoms with Crippen LogP contribution in [0.15, 0.2) is 18.2 Å². The molecule has 0 radical (unpaired) electrons. The molecule has 1 N–H and O–H groups in total. The molecule has 170 valence electrons. The number of aromatic carboxylic acids is 1. The molecule has 4 atom stereocenters. The third kappa shape index (κ3) is 7.03. The molecular formula is C19H22O11S. The van der Waals surface area contributed by atoms with Crippen molar-refractivity contribution >= 4 is 36.8 Å². The average molecular weight is 458 g/mol. The molecule has 2 rings (SSSR count). The highest BCUT2D eigenvalue weighted by atomic mass is 32.1. The van der Waals surface area contributed by atoms with Crippen LogP contribution in [0.2, 0.25) is 0 Å². The Balaban J connectivity index is 2.29. The Kier molecular flexibility index (Phi) is 8.51. The van der Waals surface area contributed by atoms with Crippen LogP contribution in [0.3, 0.4) is 0 Å². The fourth-order valence-electron chi connectivity index (χ4n) is 2.92. The molecule has 1 heterocycles. The van der Waals surface area contributed by atoms with Crippen molar-refractivity contribution in [2.45, 2.75) is 51.8 Å². The minimum Gasteiger partial charge on any atom is -0.478 e. The summed E-state index contributed by atoms with van der Waals surface area (Å²) in [6.45, 7) is 3.27. The van der Waals surface area contributed by atoms with E-state index in [0.717, 1.165) is 0 Å². The molecule has 31 heavy (non-hydrogen) atoms. The number of carboxylic acid groups (broad SMARTS) is 1. The molecule has 1 saturated heterocycles. The van der Waals surface area contributed by atoms with Crippen LogP contribution in [0.1, 0.15) is 37.6 Å². The zero-order chi connectivity index (χ0) is 23.1. The van der Waals surface area contributed by atoms with Crippen LogP contribution in [0.5, 0.6) is 11.5 Å². The summed E-state index contributed by atoms with van der Waals surface area (Å²) in [6, 6.07) is 3.84. The summed E-state index contributed by atoms with van der Waals surface area (Å²) in [5.74, 6) is -2.93. The summed E-state index contributed by atoms with van der Waals surface area (Å²) in [4.78, 5) is 45.5. The molecule has 0 spiro atoms. The van der Waals surface area contributed by atoms with Gasteiger partial charge < -0.3 is 33.0 Å². The monoisotopic (exact) mass is 458 g/mol. The molecule has 0 aliphatic carbocycles. The van der Waals surface area contributed by atoms with Gasteiger partial charge in [0.05, 0.1) is 12.0 Å². The van der Waals surface area contributed by atoms with Gasteiger partial charge in [-0.2, -0.15) is 0 Å². The first-order chi connectivity index (χ1) is 14.6. The first-order valence-electron chi connectivity index (χ1n) is 9.09. The lowest BCUT2D eigenvalue weighted by Crippen LogP contribution is -2.54. The molecule has 12 heteroatoms. The Morgan fingerprint density at radius 2 is 1.74 bits per heavy atom. The fourth-order valence-corrected chi connectivity index (χ4v) is 3.07. The van der Waals surface area contributed by atoms with E-state index in [9.17, 15) is 19.2 Å². The van der Waals surface area contributed by atoms with Crippen molar-refractivity contribution in [1.29, 1.82) is 0 Å². The van der Waals surface area contributed by atoms with Gasteiger partial charge in [-0.1, -0.05) is 0 Å². The number of carbonyl (C=O) groups is 4. The van der Waals surface area contributed by atoms with Crippen LogP contribution in [0.25, 0.3) is 0 Å². The quantitative estimate of drug-likeness (QED) is 0.253. The van der Waals surface area contributed by atoms with Gasteiger partial charge in [0.15, 0.2) is 17.6 Å². The van der Waals surface area contributed by atoms with E-state index in [-0.39, 0.29) is 30.1 Å². The van der Waals surface area contributed by atoms with E-state index in [1.54, 1.807) is 0 Å². The number of thiol groups is 1. The molecular weight excluding hydrogens is 436 g/mol. The number of carboxylic acids is 1. The Morgan fingerprint density at radius 1 is 1.06 bits per heavy atom. The van der Waals surface area contributed by atoms with Gasteiger partial charge in [-0.3, -0.25) is 14.4 Å². The van der Waals surface area contributed by atoms with Gasteiger partial charge in [0.1, 0.15) is 18.8 Å². The van der Waals surface area contributed by atoms with Gasteiger partial charge >= 0.3 is 23.9 Å². The van der Waals surface area contributed by atoms with E-state index >= 15 is 0 Å². The molecule has 1 aromatic rings. The van der Waals surface area contributed by atoms with Crippen LogP contribution in [0.4, 0.5) is 0 Å². The number of hydrogen-bond acceptors (Lipinski definition) is 11. The third-order valence-electron chi connectivity index (χ3n) is 4.10. The number of carbonyl (C=O) groups excluding carboxylic acids is 3. The van der Waals surface area contributed by atoms with Crippen molar-refractivity contribution in [3.63, 3.8) is 0 Å². The molecule has 1 aliphatic rings. The number of esters is 3. The maximum absolute atomic E-state index is 11.6. The summed E-state index contributed by atoms with van der Waals surface area (Å²) in [5.41, 5.74) is -0.0543. The molecule has 1 aromatic carbocycles. The fraction of sp³-hybridized carbons (Fsp3) is 0.474. The Labute approximate surface area is 183 Å². The van der Waals surface area contributed by atoms with E-state index in [4.69, 9.17) is 33.0 Å².